The number of rotatable bonds is 9. The standard InChI is InChI=1S/C26H28N2O5/c1-5-8-22-21(27-24(31-22)18-10-7-6-9-16(18)2)14-13-20-19-12-11-17(15-23(19)33-28-20)32-26(3,4)25(29)30/h6-7,9-12,15H,5,8,13-14H2,1-4H3,(H,29,30). The predicted molar refractivity (Wildman–Crippen MR) is 124 cm³/mol. The fourth-order valence-corrected chi connectivity index (χ4v) is 3.72. The minimum atomic E-state index is -1.34. The van der Waals surface area contributed by atoms with Crippen molar-refractivity contribution in [1.29, 1.82) is 0 Å². The quantitative estimate of drug-likeness (QED) is 0.347. The number of hydrogen-bond donors (Lipinski definition) is 1. The Kier molecular flexibility index (Phi) is 6.22. The summed E-state index contributed by atoms with van der Waals surface area (Å²) >= 11 is 0. The van der Waals surface area contributed by atoms with Crippen LogP contribution in [0.3, 0.4) is 0 Å². The SMILES string of the molecule is CCCc1oc(-c2ccccc2C)nc1CCc1noc2cc(OC(C)(C)C(=O)O)ccc12. The molecule has 0 aliphatic carbocycles. The van der Waals surface area contributed by atoms with E-state index in [9.17, 15) is 9.90 Å². The summed E-state index contributed by atoms with van der Waals surface area (Å²) in [6, 6.07) is 13.3. The molecule has 0 saturated carbocycles. The average Bonchev–Trinajstić information content (AvgIpc) is 3.36. The van der Waals surface area contributed by atoms with E-state index in [1.54, 1.807) is 12.1 Å². The molecule has 7 nitrogen and oxygen atoms in total. The maximum atomic E-state index is 11.3. The van der Waals surface area contributed by atoms with Crippen molar-refractivity contribution in [2.24, 2.45) is 0 Å². The number of aromatic nitrogens is 2. The van der Waals surface area contributed by atoms with E-state index in [0.29, 0.717) is 30.1 Å². The van der Waals surface area contributed by atoms with E-state index in [1.165, 1.54) is 13.8 Å². The molecule has 0 atom stereocenters. The van der Waals surface area contributed by atoms with Gasteiger partial charge in [0, 0.05) is 23.4 Å². The lowest BCUT2D eigenvalue weighted by Crippen LogP contribution is -2.37. The summed E-state index contributed by atoms with van der Waals surface area (Å²) in [5.74, 6) is 0.943. The fraction of sp³-hybridized carbons (Fsp3) is 0.346. The van der Waals surface area contributed by atoms with Gasteiger partial charge in [-0.15, -0.1) is 0 Å². The lowest BCUT2D eigenvalue weighted by atomic mass is 10.1. The Morgan fingerprint density at radius 3 is 2.58 bits per heavy atom. The van der Waals surface area contributed by atoms with Gasteiger partial charge in [-0.05, 0) is 63.8 Å². The van der Waals surface area contributed by atoms with Crippen LogP contribution in [0.2, 0.25) is 0 Å². The van der Waals surface area contributed by atoms with Crippen LogP contribution in [0.25, 0.3) is 22.4 Å². The zero-order valence-electron chi connectivity index (χ0n) is 19.3. The molecule has 0 saturated heterocycles. The molecule has 4 aromatic rings. The lowest BCUT2D eigenvalue weighted by Gasteiger charge is -2.21. The van der Waals surface area contributed by atoms with Gasteiger partial charge in [0.1, 0.15) is 11.5 Å². The number of carbonyl (C=O) groups is 1. The highest BCUT2D eigenvalue weighted by atomic mass is 16.5. The van der Waals surface area contributed by atoms with Crippen molar-refractivity contribution in [3.63, 3.8) is 0 Å². The van der Waals surface area contributed by atoms with Crippen LogP contribution in [0.15, 0.2) is 51.4 Å². The Morgan fingerprint density at radius 2 is 1.85 bits per heavy atom. The molecule has 4 rings (SSSR count). The molecule has 2 heterocycles. The maximum Gasteiger partial charge on any atom is 0.347 e. The molecule has 0 aliphatic rings. The molecular weight excluding hydrogens is 420 g/mol. The van der Waals surface area contributed by atoms with Crippen molar-refractivity contribution in [3.8, 4) is 17.2 Å². The summed E-state index contributed by atoms with van der Waals surface area (Å²) in [5.41, 5.74) is 3.10. The third kappa shape index (κ3) is 4.77. The molecule has 33 heavy (non-hydrogen) atoms. The smallest absolute Gasteiger partial charge is 0.347 e. The van der Waals surface area contributed by atoms with E-state index < -0.39 is 11.6 Å². The molecule has 0 spiro atoms. The number of aliphatic carboxylic acids is 1. The molecule has 0 aliphatic heterocycles. The summed E-state index contributed by atoms with van der Waals surface area (Å²) < 4.78 is 17.2. The summed E-state index contributed by atoms with van der Waals surface area (Å²) in [6.07, 6.45) is 3.12. The van der Waals surface area contributed by atoms with Gasteiger partial charge in [0.2, 0.25) is 5.89 Å². The summed E-state index contributed by atoms with van der Waals surface area (Å²) in [6.45, 7) is 7.18. The highest BCUT2D eigenvalue weighted by Crippen LogP contribution is 2.29. The van der Waals surface area contributed by atoms with Gasteiger partial charge in [-0.25, -0.2) is 9.78 Å². The van der Waals surface area contributed by atoms with Crippen LogP contribution in [0, 0.1) is 6.92 Å². The lowest BCUT2D eigenvalue weighted by molar-refractivity contribution is -0.152. The maximum absolute atomic E-state index is 11.3. The van der Waals surface area contributed by atoms with Crippen LogP contribution < -0.4 is 4.74 Å². The molecule has 2 aromatic carbocycles. The molecule has 2 aromatic heterocycles. The van der Waals surface area contributed by atoms with Crippen LogP contribution in [0.4, 0.5) is 0 Å². The summed E-state index contributed by atoms with van der Waals surface area (Å²) in [5, 5.41) is 14.4. The van der Waals surface area contributed by atoms with E-state index in [2.05, 4.69) is 25.1 Å². The van der Waals surface area contributed by atoms with E-state index in [1.807, 2.05) is 24.3 Å². The van der Waals surface area contributed by atoms with Gasteiger partial charge >= 0.3 is 5.97 Å². The first-order valence-corrected chi connectivity index (χ1v) is 11.1. The van der Waals surface area contributed by atoms with E-state index in [0.717, 1.165) is 46.5 Å². The molecule has 172 valence electrons. The van der Waals surface area contributed by atoms with Gasteiger partial charge in [-0.1, -0.05) is 30.3 Å². The monoisotopic (exact) mass is 448 g/mol. The van der Waals surface area contributed by atoms with Crippen LogP contribution in [0.1, 0.15) is 49.9 Å². The highest BCUT2D eigenvalue weighted by molar-refractivity contribution is 5.81. The van der Waals surface area contributed by atoms with Crippen molar-refractivity contribution in [1.82, 2.24) is 10.1 Å². The van der Waals surface area contributed by atoms with Crippen molar-refractivity contribution in [3.05, 3.63) is 65.2 Å². The van der Waals surface area contributed by atoms with E-state index in [4.69, 9.17) is 18.7 Å². The number of aryl methyl sites for hydroxylation is 4. The van der Waals surface area contributed by atoms with E-state index in [-0.39, 0.29) is 0 Å². The number of carboxylic acid groups (broad SMARTS) is 1. The fourth-order valence-electron chi connectivity index (χ4n) is 3.72. The second-order valence-electron chi connectivity index (χ2n) is 8.66. The van der Waals surface area contributed by atoms with Crippen molar-refractivity contribution >= 4 is 16.9 Å². The van der Waals surface area contributed by atoms with Gasteiger partial charge in [0.15, 0.2) is 11.2 Å². The van der Waals surface area contributed by atoms with Gasteiger partial charge in [0.05, 0.1) is 11.4 Å². The number of benzene rings is 2. The molecular formula is C26H28N2O5. The largest absolute Gasteiger partial charge is 0.478 e. The Hall–Kier alpha value is -3.61. The Labute approximate surface area is 192 Å². The topological polar surface area (TPSA) is 98.6 Å². The number of nitrogens with zero attached hydrogens (tertiary/aromatic N) is 2. The molecule has 0 amide bonds. The third-order valence-corrected chi connectivity index (χ3v) is 5.64. The minimum absolute atomic E-state index is 0.419. The number of hydrogen-bond acceptors (Lipinski definition) is 6. The van der Waals surface area contributed by atoms with Gasteiger partial charge < -0.3 is 18.8 Å². The predicted octanol–water partition coefficient (Wildman–Crippen LogP) is 5.77. The molecule has 0 unspecified atom stereocenters. The molecule has 1 N–H and O–H groups in total. The van der Waals surface area contributed by atoms with Crippen LogP contribution in [-0.2, 0) is 24.1 Å². The van der Waals surface area contributed by atoms with Gasteiger partial charge in [-0.2, -0.15) is 0 Å². The van der Waals surface area contributed by atoms with Gasteiger partial charge in [0.25, 0.3) is 0 Å². The number of ether oxygens (including phenoxy) is 1. The van der Waals surface area contributed by atoms with Crippen molar-refractivity contribution in [2.45, 2.75) is 59.0 Å². The average molecular weight is 449 g/mol. The van der Waals surface area contributed by atoms with Crippen LogP contribution >= 0.6 is 0 Å². The van der Waals surface area contributed by atoms with Crippen molar-refractivity contribution < 1.29 is 23.6 Å². The second kappa shape index (κ2) is 9.10. The number of carboxylic acids is 1. The zero-order valence-corrected chi connectivity index (χ0v) is 19.3. The van der Waals surface area contributed by atoms with Crippen LogP contribution in [-0.4, -0.2) is 26.8 Å². The van der Waals surface area contributed by atoms with Crippen LogP contribution in [0.5, 0.6) is 5.75 Å². The first-order chi connectivity index (χ1) is 15.8. The van der Waals surface area contributed by atoms with Gasteiger partial charge in [-0.3, -0.25) is 0 Å². The number of oxazole rings is 1. The Balaban J connectivity index is 1.55. The van der Waals surface area contributed by atoms with Crippen molar-refractivity contribution in [2.75, 3.05) is 0 Å². The first kappa shape index (κ1) is 22.6. The summed E-state index contributed by atoms with van der Waals surface area (Å²) in [4.78, 5) is 16.1. The minimum Gasteiger partial charge on any atom is -0.478 e. The third-order valence-electron chi connectivity index (χ3n) is 5.64. The zero-order chi connectivity index (χ0) is 23.6. The molecule has 0 radical (unpaired) electrons. The molecule has 0 bridgehead atoms. The van der Waals surface area contributed by atoms with E-state index >= 15 is 0 Å². The first-order valence-electron chi connectivity index (χ1n) is 11.1. The second-order valence-corrected chi connectivity index (χ2v) is 8.66. The Morgan fingerprint density at radius 1 is 1.09 bits per heavy atom. The summed E-state index contributed by atoms with van der Waals surface area (Å²) in [7, 11) is 0. The Bertz CT molecular complexity index is 1290. The normalized spacial score (nSPS) is 11.8. The molecule has 0 fully saturated rings. The highest BCUT2D eigenvalue weighted by Gasteiger charge is 2.29. The number of fused-ring (bicyclic) bond motifs is 1. The molecule has 7 heteroatoms.